The zero-order chi connectivity index (χ0) is 13.9. The van der Waals surface area contributed by atoms with Gasteiger partial charge in [0.15, 0.2) is 0 Å². The van der Waals surface area contributed by atoms with Crippen molar-refractivity contribution < 1.29 is 4.79 Å². The van der Waals surface area contributed by atoms with E-state index in [4.69, 9.17) is 5.73 Å². The molecule has 1 rings (SSSR count). The van der Waals surface area contributed by atoms with Crippen molar-refractivity contribution in [2.24, 2.45) is 11.7 Å². The summed E-state index contributed by atoms with van der Waals surface area (Å²) in [5.41, 5.74) is 5.79. The van der Waals surface area contributed by atoms with Gasteiger partial charge in [0.05, 0.1) is 0 Å². The monoisotopic (exact) mass is 268 g/mol. The van der Waals surface area contributed by atoms with E-state index < -0.39 is 0 Å². The molecular weight excluding hydrogens is 236 g/mol. The Labute approximate surface area is 118 Å². The Bertz CT molecular complexity index is 243. The third-order valence-electron chi connectivity index (χ3n) is 4.32. The molecule has 0 aromatic heterocycles. The molecule has 1 amide bonds. The van der Waals surface area contributed by atoms with Crippen LogP contribution < -0.4 is 11.1 Å². The first-order chi connectivity index (χ1) is 9.27. The molecule has 0 heterocycles. The van der Waals surface area contributed by atoms with E-state index in [1.165, 1.54) is 51.4 Å². The second-order valence-electron chi connectivity index (χ2n) is 5.97. The number of amides is 1. The molecule has 0 radical (unpaired) electrons. The third-order valence-corrected chi connectivity index (χ3v) is 4.32. The van der Waals surface area contributed by atoms with E-state index in [-0.39, 0.29) is 5.91 Å². The van der Waals surface area contributed by atoms with Crippen molar-refractivity contribution in [3.8, 4) is 0 Å². The van der Waals surface area contributed by atoms with Crippen LogP contribution in [0.5, 0.6) is 0 Å². The zero-order valence-electron chi connectivity index (χ0n) is 12.6. The smallest absolute Gasteiger partial charge is 0.220 e. The summed E-state index contributed by atoms with van der Waals surface area (Å²) in [5.74, 6) is 0.739. The van der Waals surface area contributed by atoms with Crippen LogP contribution in [0.4, 0.5) is 0 Å². The number of rotatable bonds is 9. The molecule has 1 aliphatic rings. The van der Waals surface area contributed by atoms with Gasteiger partial charge in [0.25, 0.3) is 0 Å². The Kier molecular flexibility index (Phi) is 8.89. The van der Waals surface area contributed by atoms with Gasteiger partial charge in [-0.3, -0.25) is 4.79 Å². The standard InChI is InChI=1S/C16H32N2O/c1-2-3-4-5-6-7-12-16(19)18-15-11-9-8-10-14(15)13-17/h14-15H,2-13,17H2,1H3,(H,18,19). The minimum absolute atomic E-state index is 0.237. The molecule has 0 aromatic rings. The van der Waals surface area contributed by atoms with Crippen LogP contribution in [0.25, 0.3) is 0 Å². The van der Waals surface area contributed by atoms with Crippen molar-refractivity contribution in [1.29, 1.82) is 0 Å². The molecule has 0 spiro atoms. The highest BCUT2D eigenvalue weighted by molar-refractivity contribution is 5.76. The summed E-state index contributed by atoms with van der Waals surface area (Å²) >= 11 is 0. The fourth-order valence-electron chi connectivity index (χ4n) is 3.02. The SMILES string of the molecule is CCCCCCCCC(=O)NC1CCCCC1CN. The average Bonchev–Trinajstić information content (AvgIpc) is 2.43. The molecule has 0 aromatic carbocycles. The maximum Gasteiger partial charge on any atom is 0.220 e. The van der Waals surface area contributed by atoms with Crippen molar-refractivity contribution in [2.75, 3.05) is 6.54 Å². The van der Waals surface area contributed by atoms with E-state index in [0.717, 1.165) is 12.8 Å². The number of hydrogen-bond donors (Lipinski definition) is 2. The molecule has 2 unspecified atom stereocenters. The van der Waals surface area contributed by atoms with Crippen LogP contribution in [0, 0.1) is 5.92 Å². The minimum atomic E-state index is 0.237. The molecule has 0 bridgehead atoms. The van der Waals surface area contributed by atoms with Crippen LogP contribution in [0.15, 0.2) is 0 Å². The van der Waals surface area contributed by atoms with E-state index in [1.54, 1.807) is 0 Å². The largest absolute Gasteiger partial charge is 0.353 e. The lowest BCUT2D eigenvalue weighted by atomic mass is 9.84. The van der Waals surface area contributed by atoms with Crippen molar-refractivity contribution in [3.63, 3.8) is 0 Å². The van der Waals surface area contributed by atoms with Gasteiger partial charge < -0.3 is 11.1 Å². The van der Waals surface area contributed by atoms with Gasteiger partial charge in [-0.15, -0.1) is 0 Å². The zero-order valence-corrected chi connectivity index (χ0v) is 12.6. The van der Waals surface area contributed by atoms with Crippen LogP contribution in [0.2, 0.25) is 0 Å². The Morgan fingerprint density at radius 1 is 1.11 bits per heavy atom. The highest BCUT2D eigenvalue weighted by Gasteiger charge is 2.24. The van der Waals surface area contributed by atoms with Gasteiger partial charge in [0.2, 0.25) is 5.91 Å². The molecule has 3 nitrogen and oxygen atoms in total. The van der Waals surface area contributed by atoms with Gasteiger partial charge in [-0.25, -0.2) is 0 Å². The first-order valence-corrected chi connectivity index (χ1v) is 8.27. The second kappa shape index (κ2) is 10.2. The lowest BCUT2D eigenvalue weighted by Gasteiger charge is -2.31. The van der Waals surface area contributed by atoms with Crippen LogP contribution in [-0.4, -0.2) is 18.5 Å². The molecular formula is C16H32N2O. The maximum absolute atomic E-state index is 11.9. The molecule has 112 valence electrons. The minimum Gasteiger partial charge on any atom is -0.353 e. The topological polar surface area (TPSA) is 55.1 Å². The predicted molar refractivity (Wildman–Crippen MR) is 80.9 cm³/mol. The van der Waals surface area contributed by atoms with Crippen LogP contribution >= 0.6 is 0 Å². The number of nitrogens with one attached hydrogen (secondary N) is 1. The molecule has 2 atom stereocenters. The van der Waals surface area contributed by atoms with Gasteiger partial charge in [0, 0.05) is 12.5 Å². The molecule has 1 saturated carbocycles. The van der Waals surface area contributed by atoms with Gasteiger partial charge in [-0.2, -0.15) is 0 Å². The van der Waals surface area contributed by atoms with E-state index in [9.17, 15) is 4.79 Å². The Morgan fingerprint density at radius 2 is 1.79 bits per heavy atom. The van der Waals surface area contributed by atoms with Crippen molar-refractivity contribution in [1.82, 2.24) is 5.32 Å². The summed E-state index contributed by atoms with van der Waals surface area (Å²) in [6, 6.07) is 0.339. The first kappa shape index (κ1) is 16.5. The second-order valence-corrected chi connectivity index (χ2v) is 5.97. The molecule has 3 heteroatoms. The quantitative estimate of drug-likeness (QED) is 0.630. The number of nitrogens with two attached hydrogens (primary N) is 1. The van der Waals surface area contributed by atoms with E-state index in [0.29, 0.717) is 24.9 Å². The normalized spacial score (nSPS) is 23.3. The summed E-state index contributed by atoms with van der Waals surface area (Å²) in [6.45, 7) is 2.94. The highest BCUT2D eigenvalue weighted by atomic mass is 16.1. The van der Waals surface area contributed by atoms with Crippen molar-refractivity contribution in [3.05, 3.63) is 0 Å². The highest BCUT2D eigenvalue weighted by Crippen LogP contribution is 2.23. The molecule has 0 saturated heterocycles. The molecule has 19 heavy (non-hydrogen) atoms. The molecule has 3 N–H and O–H groups in total. The van der Waals surface area contributed by atoms with Crippen LogP contribution in [0.3, 0.4) is 0 Å². The first-order valence-electron chi connectivity index (χ1n) is 8.27. The summed E-state index contributed by atoms with van der Waals surface area (Å²) < 4.78 is 0. The Hall–Kier alpha value is -0.570. The number of carbonyl (C=O) groups is 1. The molecule has 0 aliphatic heterocycles. The fourth-order valence-corrected chi connectivity index (χ4v) is 3.02. The lowest BCUT2D eigenvalue weighted by Crippen LogP contribution is -2.44. The van der Waals surface area contributed by atoms with E-state index in [1.807, 2.05) is 0 Å². The fraction of sp³-hybridized carbons (Fsp3) is 0.938. The van der Waals surface area contributed by atoms with Gasteiger partial charge in [0.1, 0.15) is 0 Å². The number of hydrogen-bond acceptors (Lipinski definition) is 2. The van der Waals surface area contributed by atoms with Crippen LogP contribution in [0.1, 0.15) is 77.6 Å². The molecule has 1 aliphatic carbocycles. The number of carbonyl (C=O) groups excluding carboxylic acids is 1. The summed E-state index contributed by atoms with van der Waals surface area (Å²) in [6.07, 6.45) is 12.9. The number of unbranched alkanes of at least 4 members (excludes halogenated alkanes) is 5. The van der Waals surface area contributed by atoms with Crippen molar-refractivity contribution >= 4 is 5.91 Å². The van der Waals surface area contributed by atoms with Gasteiger partial charge in [-0.05, 0) is 31.7 Å². The predicted octanol–water partition coefficient (Wildman–Crippen LogP) is 3.37. The average molecular weight is 268 g/mol. The van der Waals surface area contributed by atoms with Crippen LogP contribution in [-0.2, 0) is 4.79 Å². The van der Waals surface area contributed by atoms with Crippen molar-refractivity contribution in [2.45, 2.75) is 83.6 Å². The third kappa shape index (κ3) is 6.95. The summed E-state index contributed by atoms with van der Waals surface area (Å²) in [5, 5.41) is 3.20. The van der Waals surface area contributed by atoms with Gasteiger partial charge in [-0.1, -0.05) is 51.9 Å². The van der Waals surface area contributed by atoms with Gasteiger partial charge >= 0.3 is 0 Å². The lowest BCUT2D eigenvalue weighted by molar-refractivity contribution is -0.122. The summed E-state index contributed by atoms with van der Waals surface area (Å²) in [4.78, 5) is 11.9. The van der Waals surface area contributed by atoms with E-state index >= 15 is 0 Å². The Morgan fingerprint density at radius 3 is 2.53 bits per heavy atom. The Balaban J connectivity index is 2.09. The summed E-state index contributed by atoms with van der Waals surface area (Å²) in [7, 11) is 0. The van der Waals surface area contributed by atoms with E-state index in [2.05, 4.69) is 12.2 Å². The molecule has 1 fully saturated rings. The maximum atomic E-state index is 11.9.